The zero-order valence-electron chi connectivity index (χ0n) is 9.18. The van der Waals surface area contributed by atoms with Crippen LogP contribution in [0.2, 0.25) is 0 Å². The zero-order valence-corrected chi connectivity index (χ0v) is 9.18. The molecule has 0 amide bonds. The van der Waals surface area contributed by atoms with Crippen LogP contribution < -0.4 is 4.90 Å². The fourth-order valence-electron chi connectivity index (χ4n) is 2.14. The SMILES string of the molecule is CN1COCCc2cnc3ncccc3c21. The molecule has 0 saturated heterocycles. The molecule has 2 aromatic rings. The Morgan fingerprint density at radius 3 is 3.25 bits per heavy atom. The summed E-state index contributed by atoms with van der Waals surface area (Å²) in [5.74, 6) is 0. The van der Waals surface area contributed by atoms with Gasteiger partial charge in [-0.1, -0.05) is 0 Å². The lowest BCUT2D eigenvalue weighted by Gasteiger charge is -2.19. The monoisotopic (exact) mass is 215 g/mol. The van der Waals surface area contributed by atoms with Gasteiger partial charge in [0.15, 0.2) is 5.65 Å². The highest BCUT2D eigenvalue weighted by Crippen LogP contribution is 2.29. The van der Waals surface area contributed by atoms with Crippen LogP contribution in [0.5, 0.6) is 0 Å². The average molecular weight is 215 g/mol. The highest BCUT2D eigenvalue weighted by atomic mass is 16.5. The molecule has 16 heavy (non-hydrogen) atoms. The normalized spacial score (nSPS) is 15.9. The standard InChI is InChI=1S/C12H13N3O/c1-15-8-16-6-4-9-7-14-12-10(11(9)15)3-2-5-13-12/h2-3,5,7H,4,6,8H2,1H3. The molecule has 0 saturated carbocycles. The van der Waals surface area contributed by atoms with Gasteiger partial charge in [0.1, 0.15) is 6.73 Å². The van der Waals surface area contributed by atoms with Crippen molar-refractivity contribution < 1.29 is 4.74 Å². The third-order valence-corrected chi connectivity index (χ3v) is 2.87. The van der Waals surface area contributed by atoms with Gasteiger partial charge in [-0.3, -0.25) is 0 Å². The van der Waals surface area contributed by atoms with Gasteiger partial charge in [-0.15, -0.1) is 0 Å². The Balaban J connectivity index is 2.30. The summed E-state index contributed by atoms with van der Waals surface area (Å²) >= 11 is 0. The molecule has 0 aromatic carbocycles. The number of nitrogens with zero attached hydrogens (tertiary/aromatic N) is 3. The van der Waals surface area contributed by atoms with Crippen LogP contribution >= 0.6 is 0 Å². The van der Waals surface area contributed by atoms with Crippen molar-refractivity contribution in [3.63, 3.8) is 0 Å². The smallest absolute Gasteiger partial charge is 0.161 e. The molecule has 0 fully saturated rings. The molecule has 3 rings (SSSR count). The number of anilines is 1. The predicted molar refractivity (Wildman–Crippen MR) is 62.5 cm³/mol. The summed E-state index contributed by atoms with van der Waals surface area (Å²) < 4.78 is 5.52. The highest BCUT2D eigenvalue weighted by molar-refractivity contribution is 5.90. The van der Waals surface area contributed by atoms with E-state index in [4.69, 9.17) is 4.74 Å². The molecular formula is C12H13N3O. The van der Waals surface area contributed by atoms with Crippen LogP contribution in [-0.4, -0.2) is 30.4 Å². The van der Waals surface area contributed by atoms with Crippen LogP contribution in [0.15, 0.2) is 24.5 Å². The molecule has 4 heteroatoms. The van der Waals surface area contributed by atoms with Crippen molar-refractivity contribution in [1.82, 2.24) is 9.97 Å². The Kier molecular flexibility index (Phi) is 2.22. The number of hydrogen-bond donors (Lipinski definition) is 0. The van der Waals surface area contributed by atoms with Crippen molar-refractivity contribution in [1.29, 1.82) is 0 Å². The quantitative estimate of drug-likeness (QED) is 0.669. The van der Waals surface area contributed by atoms with Crippen molar-refractivity contribution in [2.45, 2.75) is 6.42 Å². The summed E-state index contributed by atoms with van der Waals surface area (Å²) in [6.07, 6.45) is 4.60. The van der Waals surface area contributed by atoms with Crippen LogP contribution in [0.25, 0.3) is 11.0 Å². The summed E-state index contributed by atoms with van der Waals surface area (Å²) in [7, 11) is 2.04. The molecule has 0 radical (unpaired) electrons. The van der Waals surface area contributed by atoms with E-state index in [9.17, 15) is 0 Å². The van der Waals surface area contributed by atoms with Gasteiger partial charge in [0.25, 0.3) is 0 Å². The summed E-state index contributed by atoms with van der Waals surface area (Å²) in [5, 5.41) is 1.10. The number of fused-ring (bicyclic) bond motifs is 3. The molecule has 1 aliphatic rings. The van der Waals surface area contributed by atoms with Gasteiger partial charge in [0.05, 0.1) is 12.3 Å². The van der Waals surface area contributed by atoms with Crippen LogP contribution in [0.3, 0.4) is 0 Å². The van der Waals surface area contributed by atoms with Crippen molar-refractivity contribution in [3.05, 3.63) is 30.1 Å². The minimum atomic E-state index is 0.626. The van der Waals surface area contributed by atoms with Crippen LogP contribution in [-0.2, 0) is 11.2 Å². The summed E-state index contributed by atoms with van der Waals surface area (Å²) in [4.78, 5) is 10.8. The van der Waals surface area contributed by atoms with Gasteiger partial charge >= 0.3 is 0 Å². The zero-order chi connectivity index (χ0) is 11.0. The average Bonchev–Trinajstić information content (AvgIpc) is 2.51. The lowest BCUT2D eigenvalue weighted by Crippen LogP contribution is -2.20. The molecule has 82 valence electrons. The number of rotatable bonds is 0. The minimum Gasteiger partial charge on any atom is -0.361 e. The van der Waals surface area contributed by atoms with E-state index in [1.165, 1.54) is 11.3 Å². The first kappa shape index (κ1) is 9.54. The van der Waals surface area contributed by atoms with Crippen LogP contribution in [0, 0.1) is 0 Å². The fraction of sp³-hybridized carbons (Fsp3) is 0.333. The largest absolute Gasteiger partial charge is 0.361 e. The van der Waals surface area contributed by atoms with E-state index in [2.05, 4.69) is 20.9 Å². The van der Waals surface area contributed by atoms with E-state index in [1.54, 1.807) is 6.20 Å². The maximum Gasteiger partial charge on any atom is 0.161 e. The van der Waals surface area contributed by atoms with E-state index in [1.807, 2.05) is 19.3 Å². The Bertz CT molecular complexity index is 527. The second kappa shape index (κ2) is 3.72. The Morgan fingerprint density at radius 2 is 2.31 bits per heavy atom. The Hall–Kier alpha value is -1.68. The molecule has 0 N–H and O–H groups in total. The van der Waals surface area contributed by atoms with Crippen LogP contribution in [0.1, 0.15) is 5.56 Å². The molecule has 1 aliphatic heterocycles. The van der Waals surface area contributed by atoms with Crippen LogP contribution in [0.4, 0.5) is 5.69 Å². The first-order valence-corrected chi connectivity index (χ1v) is 5.38. The summed E-state index contributed by atoms with van der Waals surface area (Å²) in [6.45, 7) is 1.38. The van der Waals surface area contributed by atoms with Crippen molar-refractivity contribution >= 4 is 16.7 Å². The van der Waals surface area contributed by atoms with Crippen molar-refractivity contribution in [2.75, 3.05) is 25.3 Å². The summed E-state index contributed by atoms with van der Waals surface area (Å²) in [6, 6.07) is 4.01. The first-order chi connectivity index (χ1) is 7.86. The van der Waals surface area contributed by atoms with Gasteiger partial charge in [-0.05, 0) is 24.1 Å². The van der Waals surface area contributed by atoms with Gasteiger partial charge in [0, 0.05) is 24.8 Å². The molecule has 2 aromatic heterocycles. The fourth-order valence-corrected chi connectivity index (χ4v) is 2.14. The number of hydrogen-bond acceptors (Lipinski definition) is 4. The third kappa shape index (κ3) is 1.42. The van der Waals surface area contributed by atoms with E-state index in [0.29, 0.717) is 6.73 Å². The van der Waals surface area contributed by atoms with Crippen molar-refractivity contribution in [2.24, 2.45) is 0 Å². The first-order valence-electron chi connectivity index (χ1n) is 5.38. The second-order valence-corrected chi connectivity index (χ2v) is 3.99. The molecule has 3 heterocycles. The molecule has 0 unspecified atom stereocenters. The topological polar surface area (TPSA) is 38.2 Å². The number of aromatic nitrogens is 2. The molecule has 0 bridgehead atoms. The molecule has 0 spiro atoms. The maximum absolute atomic E-state index is 5.52. The predicted octanol–water partition coefficient (Wildman–Crippen LogP) is 1.60. The van der Waals surface area contributed by atoms with E-state index < -0.39 is 0 Å². The van der Waals surface area contributed by atoms with E-state index in [0.717, 1.165) is 24.1 Å². The highest BCUT2D eigenvalue weighted by Gasteiger charge is 2.16. The van der Waals surface area contributed by atoms with Gasteiger partial charge in [0.2, 0.25) is 0 Å². The molecule has 4 nitrogen and oxygen atoms in total. The van der Waals surface area contributed by atoms with Gasteiger partial charge in [-0.2, -0.15) is 0 Å². The minimum absolute atomic E-state index is 0.626. The van der Waals surface area contributed by atoms with Crippen molar-refractivity contribution in [3.8, 4) is 0 Å². The lowest BCUT2D eigenvalue weighted by atomic mass is 10.1. The Morgan fingerprint density at radius 1 is 1.38 bits per heavy atom. The van der Waals surface area contributed by atoms with E-state index in [-0.39, 0.29) is 0 Å². The Labute approximate surface area is 93.9 Å². The second-order valence-electron chi connectivity index (χ2n) is 3.99. The lowest BCUT2D eigenvalue weighted by molar-refractivity contribution is 0.145. The number of pyridine rings is 2. The molecular weight excluding hydrogens is 202 g/mol. The molecule has 0 aliphatic carbocycles. The van der Waals surface area contributed by atoms with E-state index >= 15 is 0 Å². The number of ether oxygens (including phenoxy) is 1. The van der Waals surface area contributed by atoms with Gasteiger partial charge < -0.3 is 9.64 Å². The molecule has 0 atom stereocenters. The third-order valence-electron chi connectivity index (χ3n) is 2.87. The summed E-state index contributed by atoms with van der Waals surface area (Å²) in [5.41, 5.74) is 3.24. The maximum atomic E-state index is 5.52. The van der Waals surface area contributed by atoms with Gasteiger partial charge in [-0.25, -0.2) is 9.97 Å².